The molecule has 1 unspecified atom stereocenters. The third-order valence-corrected chi connectivity index (χ3v) is 8.43. The van der Waals surface area contributed by atoms with Crippen LogP contribution in [0.3, 0.4) is 0 Å². The monoisotopic (exact) mass is 557 g/mol. The fourth-order valence-corrected chi connectivity index (χ4v) is 6.15. The third kappa shape index (κ3) is 5.62. The number of alkyl halides is 3. The molecular formula is C25H36Br2FN2O+. The molecule has 1 spiro atoms. The number of carbonyl (C=O) groups is 1. The van der Waals surface area contributed by atoms with Crippen LogP contribution >= 0.6 is 31.9 Å². The maximum absolute atomic E-state index is 15.5. The van der Waals surface area contributed by atoms with Crippen molar-refractivity contribution >= 4 is 37.8 Å². The molecule has 0 saturated carbocycles. The summed E-state index contributed by atoms with van der Waals surface area (Å²) < 4.78 is 16.5. The molecule has 2 aliphatic rings. The van der Waals surface area contributed by atoms with E-state index in [0.29, 0.717) is 19.5 Å². The van der Waals surface area contributed by atoms with E-state index in [4.69, 9.17) is 0 Å². The Labute approximate surface area is 203 Å². The molecule has 3 nitrogen and oxygen atoms in total. The van der Waals surface area contributed by atoms with E-state index in [9.17, 15) is 4.79 Å². The van der Waals surface area contributed by atoms with E-state index >= 15 is 4.39 Å². The van der Waals surface area contributed by atoms with Gasteiger partial charge in [-0.05, 0) is 55.4 Å². The molecule has 1 atom stereocenters. The van der Waals surface area contributed by atoms with E-state index in [0.717, 1.165) is 67.0 Å². The fraction of sp³-hybridized carbons (Fsp3) is 0.640. The van der Waals surface area contributed by atoms with E-state index < -0.39 is 5.67 Å². The molecule has 0 aliphatic carbocycles. The Bertz CT molecular complexity index is 757. The normalized spacial score (nSPS) is 19.3. The number of benzene rings is 1. The Balaban J connectivity index is 1.59. The minimum atomic E-state index is -1.71. The number of unbranched alkanes of at least 4 members (excludes halogenated alkanes) is 3. The predicted octanol–water partition coefficient (Wildman–Crippen LogP) is 6.40. The molecule has 3 rings (SSSR count). The Hall–Kier alpha value is -0.720. The molecule has 1 aromatic carbocycles. The van der Waals surface area contributed by atoms with Crippen molar-refractivity contribution in [2.24, 2.45) is 0 Å². The summed E-state index contributed by atoms with van der Waals surface area (Å²) in [6, 6.07) is 4.70. The highest BCUT2D eigenvalue weighted by Gasteiger charge is 2.45. The van der Waals surface area contributed by atoms with Crippen LogP contribution in [0.2, 0.25) is 0 Å². The molecule has 0 bridgehead atoms. The highest BCUT2D eigenvalue weighted by molar-refractivity contribution is 9.09. The highest BCUT2D eigenvalue weighted by atomic mass is 79.9. The first-order chi connectivity index (χ1) is 14.9. The van der Waals surface area contributed by atoms with Crippen molar-refractivity contribution < 1.29 is 13.7 Å². The minimum absolute atomic E-state index is 0.264. The molecule has 1 saturated heterocycles. The molecule has 0 N–H and O–H groups in total. The van der Waals surface area contributed by atoms with Gasteiger partial charge < -0.3 is 9.38 Å². The fourth-order valence-electron chi connectivity index (χ4n) is 5.11. The number of piperazine rings is 1. The van der Waals surface area contributed by atoms with Crippen molar-refractivity contribution in [2.75, 3.05) is 26.2 Å². The highest BCUT2D eigenvalue weighted by Crippen LogP contribution is 2.35. The van der Waals surface area contributed by atoms with Crippen molar-refractivity contribution in [3.63, 3.8) is 0 Å². The van der Waals surface area contributed by atoms with E-state index in [1.54, 1.807) is 11.8 Å². The minimum Gasteiger partial charge on any atom is -0.329 e. The number of fused-ring (bicyclic) bond motifs is 1. The van der Waals surface area contributed by atoms with Gasteiger partial charge in [0.05, 0.1) is 26.2 Å². The summed E-state index contributed by atoms with van der Waals surface area (Å²) in [7, 11) is 0. The maximum Gasteiger partial charge on any atom is 0.260 e. The lowest BCUT2D eigenvalue weighted by Gasteiger charge is -2.43. The molecule has 31 heavy (non-hydrogen) atoms. The van der Waals surface area contributed by atoms with E-state index in [1.807, 2.05) is 6.08 Å². The van der Waals surface area contributed by atoms with Crippen LogP contribution in [0.4, 0.5) is 4.39 Å². The topological polar surface area (TPSA) is 20.3 Å². The smallest absolute Gasteiger partial charge is 0.260 e. The van der Waals surface area contributed by atoms with Gasteiger partial charge in [0.25, 0.3) is 5.91 Å². The zero-order chi connectivity index (χ0) is 22.5. The number of amides is 1. The van der Waals surface area contributed by atoms with Gasteiger partial charge in [0.1, 0.15) is 13.1 Å². The lowest BCUT2D eigenvalue weighted by Crippen LogP contribution is -2.60. The predicted molar refractivity (Wildman–Crippen MR) is 133 cm³/mol. The average Bonchev–Trinajstić information content (AvgIpc) is 3.14. The summed E-state index contributed by atoms with van der Waals surface area (Å²) in [6.45, 7) is 10.7. The van der Waals surface area contributed by atoms with Gasteiger partial charge in [-0.1, -0.05) is 51.3 Å². The number of halogens is 3. The summed E-state index contributed by atoms with van der Waals surface area (Å²) in [5.74, 6) is -0.281. The Morgan fingerprint density at radius 2 is 1.71 bits per heavy atom. The Morgan fingerprint density at radius 1 is 1.13 bits per heavy atom. The lowest BCUT2D eigenvalue weighted by molar-refractivity contribution is -0.950. The summed E-state index contributed by atoms with van der Waals surface area (Å²) in [6.07, 6.45) is 6.20. The Kier molecular flexibility index (Phi) is 8.79. The summed E-state index contributed by atoms with van der Waals surface area (Å²) >= 11 is 7.23. The van der Waals surface area contributed by atoms with Gasteiger partial charge >= 0.3 is 0 Å². The lowest BCUT2D eigenvalue weighted by atomic mass is 9.93. The van der Waals surface area contributed by atoms with Gasteiger partial charge in [-0.25, -0.2) is 4.39 Å². The molecule has 0 radical (unpaired) electrons. The summed E-state index contributed by atoms with van der Waals surface area (Å²) in [5, 5.41) is 1.74. The molecule has 2 heterocycles. The first-order valence-electron chi connectivity index (χ1n) is 11.6. The van der Waals surface area contributed by atoms with Gasteiger partial charge in [0, 0.05) is 21.8 Å². The SMILES string of the molecule is C=CCCCCCC(F)(CC)C(=O)N1CC[N+]2(CC1)Cc1cc(CBr)c(CBr)cc1C2. The number of rotatable bonds is 10. The maximum atomic E-state index is 15.5. The van der Waals surface area contributed by atoms with E-state index in [2.05, 4.69) is 50.6 Å². The number of quaternary nitrogens is 1. The average molecular weight is 559 g/mol. The van der Waals surface area contributed by atoms with Gasteiger partial charge in [0.2, 0.25) is 0 Å². The number of nitrogens with zero attached hydrogens (tertiary/aromatic N) is 2. The van der Waals surface area contributed by atoms with Crippen molar-refractivity contribution in [2.45, 2.75) is 74.9 Å². The van der Waals surface area contributed by atoms with Crippen molar-refractivity contribution in [1.82, 2.24) is 4.90 Å². The first-order valence-corrected chi connectivity index (χ1v) is 13.8. The zero-order valence-corrected chi connectivity index (χ0v) is 21.9. The summed E-state index contributed by atoms with van der Waals surface area (Å²) in [5.41, 5.74) is 3.86. The number of hydrogen-bond donors (Lipinski definition) is 0. The second-order valence-electron chi connectivity index (χ2n) is 9.26. The molecule has 1 amide bonds. The molecule has 1 fully saturated rings. The zero-order valence-electron chi connectivity index (χ0n) is 18.8. The van der Waals surface area contributed by atoms with E-state index in [1.165, 1.54) is 22.3 Å². The van der Waals surface area contributed by atoms with Crippen LogP contribution in [0.25, 0.3) is 0 Å². The molecule has 172 valence electrons. The van der Waals surface area contributed by atoms with Gasteiger partial charge in [-0.3, -0.25) is 4.79 Å². The van der Waals surface area contributed by atoms with Gasteiger partial charge in [0.15, 0.2) is 5.67 Å². The van der Waals surface area contributed by atoms with Crippen LogP contribution < -0.4 is 0 Å². The van der Waals surface area contributed by atoms with Crippen LogP contribution in [-0.2, 0) is 28.5 Å². The van der Waals surface area contributed by atoms with Crippen LogP contribution in [0.1, 0.15) is 67.7 Å². The first kappa shape index (κ1) is 24.9. The number of allylic oxidation sites excluding steroid dienone is 1. The van der Waals surface area contributed by atoms with Crippen LogP contribution in [0.15, 0.2) is 24.8 Å². The molecule has 2 aliphatic heterocycles. The second kappa shape index (κ2) is 10.9. The van der Waals surface area contributed by atoms with Crippen LogP contribution in [0, 0.1) is 0 Å². The van der Waals surface area contributed by atoms with E-state index in [-0.39, 0.29) is 12.3 Å². The molecular weight excluding hydrogens is 523 g/mol. The molecule has 0 aromatic heterocycles. The molecule has 1 aromatic rings. The van der Waals surface area contributed by atoms with Crippen molar-refractivity contribution in [1.29, 1.82) is 0 Å². The third-order valence-electron chi connectivity index (χ3n) is 7.22. The van der Waals surface area contributed by atoms with Gasteiger partial charge in [-0.2, -0.15) is 0 Å². The largest absolute Gasteiger partial charge is 0.329 e. The van der Waals surface area contributed by atoms with Crippen LogP contribution in [0.5, 0.6) is 0 Å². The van der Waals surface area contributed by atoms with Gasteiger partial charge in [-0.15, -0.1) is 6.58 Å². The number of carbonyl (C=O) groups excluding carboxylic acids is 1. The molecule has 6 heteroatoms. The Morgan fingerprint density at radius 3 is 2.19 bits per heavy atom. The standard InChI is InChI=1S/C25H36Br2FN2O/c1-3-5-6-7-8-9-25(28,4-2)24(31)29-10-12-30(13-11-29)18-22-14-20(16-26)21(17-27)15-23(22)19-30/h3,14-15H,1,4-13,16-19H2,2H3/q+1. The van der Waals surface area contributed by atoms with Crippen LogP contribution in [-0.4, -0.2) is 47.1 Å². The summed E-state index contributed by atoms with van der Waals surface area (Å²) in [4.78, 5) is 14.9. The second-order valence-corrected chi connectivity index (χ2v) is 10.4. The number of hydrogen-bond acceptors (Lipinski definition) is 1. The van der Waals surface area contributed by atoms with Crippen molar-refractivity contribution in [3.8, 4) is 0 Å². The van der Waals surface area contributed by atoms with Crippen molar-refractivity contribution in [3.05, 3.63) is 47.0 Å². The quantitative estimate of drug-likeness (QED) is 0.141.